The number of alkyl halides is 2. The number of aromatic hydroxyl groups is 1. The lowest BCUT2D eigenvalue weighted by Crippen LogP contribution is -2.45. The number of likely N-dealkylation sites (tertiary alicyclic amines) is 1. The molecule has 1 aliphatic carbocycles. The van der Waals surface area contributed by atoms with Gasteiger partial charge in [-0.25, -0.2) is 18.7 Å². The second-order valence-corrected chi connectivity index (χ2v) is 11.4. The molecule has 9 nitrogen and oxygen atoms in total. The molecule has 4 heterocycles. The maximum Gasteiger partial charge on any atom is 0.267 e. The van der Waals surface area contributed by atoms with Gasteiger partial charge in [-0.15, -0.1) is 10.2 Å². The van der Waals surface area contributed by atoms with E-state index in [-0.39, 0.29) is 24.9 Å². The molecule has 1 atom stereocenters. The second-order valence-electron chi connectivity index (χ2n) is 11.4. The Bertz CT molecular complexity index is 1480. The zero-order valence-corrected chi connectivity index (χ0v) is 23.1. The molecule has 3 aromatic rings. The van der Waals surface area contributed by atoms with Crippen LogP contribution in [0.2, 0.25) is 0 Å². The molecule has 2 aliphatic heterocycles. The predicted octanol–water partition coefficient (Wildman–Crippen LogP) is 3.80. The Morgan fingerprint density at radius 2 is 1.93 bits per heavy atom. The Hall–Kier alpha value is -4.04. The highest BCUT2D eigenvalue weighted by Gasteiger charge is 2.62. The maximum atomic E-state index is 14.5. The Morgan fingerprint density at radius 3 is 2.68 bits per heavy atom. The molecule has 3 N–H and O–H groups in total. The van der Waals surface area contributed by atoms with E-state index >= 15 is 0 Å². The highest BCUT2D eigenvalue weighted by Crippen LogP contribution is 2.56. The van der Waals surface area contributed by atoms with Crippen LogP contribution in [-0.2, 0) is 0 Å². The average molecular weight is 561 g/mol. The summed E-state index contributed by atoms with van der Waals surface area (Å²) in [6.07, 6.45) is 4.63. The van der Waals surface area contributed by atoms with E-state index in [0.717, 1.165) is 30.9 Å². The normalized spacial score (nSPS) is 21.7. The number of halogens is 2. The fourth-order valence-electron chi connectivity index (χ4n) is 6.19. The van der Waals surface area contributed by atoms with Crippen molar-refractivity contribution in [1.82, 2.24) is 25.1 Å². The average Bonchev–Trinajstić information content (AvgIpc) is 3.07. The summed E-state index contributed by atoms with van der Waals surface area (Å²) in [5, 5.41) is 18.7. The Balaban J connectivity index is 1.14. The molecule has 1 aromatic carbocycles. The van der Waals surface area contributed by atoms with Gasteiger partial charge in [0, 0.05) is 49.4 Å². The smallest absolute Gasteiger partial charge is 0.267 e. The van der Waals surface area contributed by atoms with Crippen LogP contribution in [0.15, 0.2) is 42.6 Å². The number of nitrogens with zero attached hydrogens (tertiary/aromatic N) is 7. The van der Waals surface area contributed by atoms with E-state index in [1.807, 2.05) is 18.2 Å². The summed E-state index contributed by atoms with van der Waals surface area (Å²) in [6.45, 7) is 4.73. The molecule has 2 aromatic heterocycles. The number of nitrogen functional groups attached to an aromatic ring is 1. The third-order valence-corrected chi connectivity index (χ3v) is 8.75. The van der Waals surface area contributed by atoms with Crippen LogP contribution in [0.1, 0.15) is 38.4 Å². The third kappa shape index (κ3) is 5.24. The standard InChI is InChI=1S/C30H34F2N8O/c1-21-10-15-39(24-18-23(36-37-28(24)33)22-6-2-3-7-25(22)41)16-17-40(21)27-9-13-34-26(35-27)8-4-14-38-19-29(11-5-12-29)30(31,32)20-38/h2-3,6-7,9,13,18,21,41H,5,10-12,14-17,19-20H2,1H3,(H2,33,37)/t21-/m0/s1. The number of phenolic OH excluding ortho intramolecular Hbond substituents is 1. The highest BCUT2D eigenvalue weighted by atomic mass is 19.3. The van der Waals surface area contributed by atoms with Crippen molar-refractivity contribution in [3.8, 4) is 28.8 Å². The lowest BCUT2D eigenvalue weighted by molar-refractivity contribution is -0.122. The van der Waals surface area contributed by atoms with Gasteiger partial charge in [0.1, 0.15) is 11.6 Å². The van der Waals surface area contributed by atoms with Crippen LogP contribution in [-0.4, -0.2) is 81.4 Å². The number of aromatic nitrogens is 4. The number of hydrogen-bond donors (Lipinski definition) is 2. The maximum absolute atomic E-state index is 14.5. The molecule has 6 rings (SSSR count). The number of nitrogens with two attached hydrogens (primary N) is 1. The van der Waals surface area contributed by atoms with Crippen molar-refractivity contribution in [2.75, 3.05) is 54.8 Å². The monoisotopic (exact) mass is 560 g/mol. The molecular formula is C30H34F2N8O. The highest BCUT2D eigenvalue weighted by molar-refractivity contribution is 5.74. The number of hydrogen-bond acceptors (Lipinski definition) is 9. The van der Waals surface area contributed by atoms with Gasteiger partial charge in [0.05, 0.1) is 24.5 Å². The van der Waals surface area contributed by atoms with Crippen LogP contribution >= 0.6 is 0 Å². The quantitative estimate of drug-likeness (QED) is 0.461. The van der Waals surface area contributed by atoms with E-state index in [4.69, 9.17) is 10.7 Å². The lowest BCUT2D eigenvalue weighted by Gasteiger charge is -2.42. The number of benzene rings is 1. The van der Waals surface area contributed by atoms with Crippen molar-refractivity contribution in [2.45, 2.75) is 44.6 Å². The molecule has 0 unspecified atom stereocenters. The van der Waals surface area contributed by atoms with E-state index in [1.54, 1.807) is 29.3 Å². The van der Waals surface area contributed by atoms with Gasteiger partial charge in [0.25, 0.3) is 5.92 Å². The van der Waals surface area contributed by atoms with Crippen molar-refractivity contribution >= 4 is 17.3 Å². The minimum absolute atomic E-state index is 0.136. The first-order chi connectivity index (χ1) is 19.7. The number of rotatable bonds is 4. The second kappa shape index (κ2) is 10.7. The summed E-state index contributed by atoms with van der Waals surface area (Å²) in [5.41, 5.74) is 7.34. The molecule has 1 spiro atoms. The molecule has 3 fully saturated rings. The minimum Gasteiger partial charge on any atom is -0.507 e. The van der Waals surface area contributed by atoms with E-state index in [9.17, 15) is 13.9 Å². The summed E-state index contributed by atoms with van der Waals surface area (Å²) < 4.78 is 29.0. The van der Waals surface area contributed by atoms with E-state index in [1.165, 1.54) is 0 Å². The van der Waals surface area contributed by atoms with E-state index in [0.29, 0.717) is 55.4 Å². The van der Waals surface area contributed by atoms with Crippen molar-refractivity contribution in [1.29, 1.82) is 0 Å². The lowest BCUT2D eigenvalue weighted by atomic mass is 9.66. The van der Waals surface area contributed by atoms with Crippen LogP contribution in [0.4, 0.5) is 26.1 Å². The van der Waals surface area contributed by atoms with Crippen LogP contribution < -0.4 is 15.5 Å². The van der Waals surface area contributed by atoms with E-state index < -0.39 is 11.3 Å². The minimum atomic E-state index is -2.64. The van der Waals surface area contributed by atoms with Gasteiger partial charge in [0.2, 0.25) is 5.82 Å². The van der Waals surface area contributed by atoms with Crippen molar-refractivity contribution in [3.63, 3.8) is 0 Å². The topological polar surface area (TPSA) is 108 Å². The van der Waals surface area contributed by atoms with Crippen molar-refractivity contribution in [3.05, 3.63) is 48.4 Å². The molecule has 0 amide bonds. The molecule has 11 heteroatoms. The predicted molar refractivity (Wildman–Crippen MR) is 154 cm³/mol. The molecule has 41 heavy (non-hydrogen) atoms. The summed E-state index contributed by atoms with van der Waals surface area (Å²) in [5.74, 6) is 5.01. The van der Waals surface area contributed by atoms with Crippen LogP contribution in [0.5, 0.6) is 5.75 Å². The third-order valence-electron chi connectivity index (χ3n) is 8.75. The Kier molecular flexibility index (Phi) is 7.11. The summed E-state index contributed by atoms with van der Waals surface area (Å²) in [4.78, 5) is 15.2. The van der Waals surface area contributed by atoms with Gasteiger partial charge < -0.3 is 20.6 Å². The summed E-state index contributed by atoms with van der Waals surface area (Å²) in [7, 11) is 0. The van der Waals surface area contributed by atoms with Crippen LogP contribution in [0.3, 0.4) is 0 Å². The molecule has 3 aliphatic rings. The van der Waals surface area contributed by atoms with E-state index in [2.05, 4.69) is 43.7 Å². The fraction of sp³-hybridized carbons (Fsp3) is 0.467. The van der Waals surface area contributed by atoms with Gasteiger partial charge in [0.15, 0.2) is 5.82 Å². The summed E-state index contributed by atoms with van der Waals surface area (Å²) >= 11 is 0. The SMILES string of the molecule is C[C@H]1CCN(c2cc(-c3ccccc3O)nnc2N)CCN1c1ccnc(C#CCN2CC(F)(F)C3(CCC3)C2)n1. The van der Waals surface area contributed by atoms with Crippen molar-refractivity contribution in [2.24, 2.45) is 5.41 Å². The zero-order valence-electron chi connectivity index (χ0n) is 23.1. The van der Waals surface area contributed by atoms with Crippen molar-refractivity contribution < 1.29 is 13.9 Å². The Labute approximate surface area is 238 Å². The van der Waals surface area contributed by atoms with Gasteiger partial charge >= 0.3 is 0 Å². The first-order valence-corrected chi connectivity index (χ1v) is 14.1. The fourth-order valence-corrected chi connectivity index (χ4v) is 6.19. The molecule has 0 radical (unpaired) electrons. The molecular weight excluding hydrogens is 526 g/mol. The van der Waals surface area contributed by atoms with Crippen LogP contribution in [0.25, 0.3) is 11.3 Å². The largest absolute Gasteiger partial charge is 0.507 e. The zero-order chi connectivity index (χ0) is 28.6. The molecule has 2 saturated heterocycles. The van der Waals surface area contributed by atoms with Gasteiger partial charge in [-0.3, -0.25) is 4.90 Å². The number of phenols is 1. The first-order valence-electron chi connectivity index (χ1n) is 14.1. The van der Waals surface area contributed by atoms with Gasteiger partial charge in [-0.05, 0) is 56.4 Å². The van der Waals surface area contributed by atoms with Gasteiger partial charge in [-0.2, -0.15) is 0 Å². The van der Waals surface area contributed by atoms with Gasteiger partial charge in [-0.1, -0.05) is 24.5 Å². The molecule has 1 saturated carbocycles. The number of anilines is 3. The summed E-state index contributed by atoms with van der Waals surface area (Å²) in [6, 6.07) is 11.0. The van der Waals surface area contributed by atoms with Crippen LogP contribution in [0, 0.1) is 17.3 Å². The molecule has 0 bridgehead atoms. The Morgan fingerprint density at radius 1 is 1.10 bits per heavy atom. The molecule has 214 valence electrons. The number of para-hydroxylation sites is 1. The first kappa shape index (κ1) is 27.1.